The topological polar surface area (TPSA) is 56.6 Å². The molecule has 140 valence electrons. The van der Waals surface area contributed by atoms with Crippen LogP contribution in [0.1, 0.15) is 18.2 Å². The van der Waals surface area contributed by atoms with Crippen LogP contribution in [-0.2, 0) is 16.1 Å². The third kappa shape index (κ3) is 3.28. The Morgan fingerprint density at radius 1 is 1.15 bits per heavy atom. The van der Waals surface area contributed by atoms with Crippen LogP contribution < -0.4 is 9.64 Å². The van der Waals surface area contributed by atoms with E-state index in [1.54, 1.807) is 14.2 Å². The molecule has 1 unspecified atom stereocenters. The molecular formula is C21H23N3O3. The summed E-state index contributed by atoms with van der Waals surface area (Å²) >= 11 is 0. The lowest BCUT2D eigenvalue weighted by molar-refractivity contribution is -0.117. The van der Waals surface area contributed by atoms with Crippen LogP contribution in [-0.4, -0.2) is 42.8 Å². The van der Waals surface area contributed by atoms with Crippen LogP contribution in [0.3, 0.4) is 0 Å². The Labute approximate surface area is 158 Å². The minimum absolute atomic E-state index is 0.0490. The number of methoxy groups -OCH3 is 2. The van der Waals surface area contributed by atoms with Gasteiger partial charge in [-0.05, 0) is 24.3 Å². The molecule has 1 aliphatic rings. The van der Waals surface area contributed by atoms with Crippen molar-refractivity contribution in [2.75, 3.05) is 32.3 Å². The van der Waals surface area contributed by atoms with E-state index < -0.39 is 0 Å². The van der Waals surface area contributed by atoms with Crippen LogP contribution >= 0.6 is 0 Å². The lowest BCUT2D eigenvalue weighted by atomic mass is 10.1. The van der Waals surface area contributed by atoms with E-state index in [0.29, 0.717) is 19.6 Å². The van der Waals surface area contributed by atoms with Gasteiger partial charge in [0.05, 0.1) is 24.8 Å². The fourth-order valence-corrected chi connectivity index (χ4v) is 3.73. The quantitative estimate of drug-likeness (QED) is 0.673. The van der Waals surface area contributed by atoms with Gasteiger partial charge in [0.15, 0.2) is 0 Å². The lowest BCUT2D eigenvalue weighted by Crippen LogP contribution is -2.24. The van der Waals surface area contributed by atoms with Crippen molar-refractivity contribution < 1.29 is 14.3 Å². The molecule has 0 aliphatic carbocycles. The van der Waals surface area contributed by atoms with Gasteiger partial charge in [-0.1, -0.05) is 18.2 Å². The fraction of sp³-hybridized carbons (Fsp3) is 0.333. The average molecular weight is 365 g/mol. The van der Waals surface area contributed by atoms with E-state index >= 15 is 0 Å². The van der Waals surface area contributed by atoms with Crippen LogP contribution in [0.2, 0.25) is 0 Å². The van der Waals surface area contributed by atoms with Crippen molar-refractivity contribution in [3.8, 4) is 5.75 Å². The molecule has 1 atom stereocenters. The summed E-state index contributed by atoms with van der Waals surface area (Å²) in [6.45, 7) is 1.94. The summed E-state index contributed by atoms with van der Waals surface area (Å²) < 4.78 is 12.8. The van der Waals surface area contributed by atoms with Crippen molar-refractivity contribution in [3.05, 3.63) is 54.4 Å². The number of rotatable bonds is 6. The second kappa shape index (κ2) is 7.40. The van der Waals surface area contributed by atoms with Gasteiger partial charge in [0.1, 0.15) is 11.6 Å². The van der Waals surface area contributed by atoms with Crippen LogP contribution in [0.25, 0.3) is 11.0 Å². The maximum atomic E-state index is 12.7. The number of benzene rings is 2. The van der Waals surface area contributed by atoms with E-state index in [4.69, 9.17) is 14.5 Å². The summed E-state index contributed by atoms with van der Waals surface area (Å²) in [5, 5.41) is 0. The third-order valence-electron chi connectivity index (χ3n) is 5.06. The summed E-state index contributed by atoms with van der Waals surface area (Å²) in [5.41, 5.74) is 2.90. The first kappa shape index (κ1) is 17.5. The molecule has 0 N–H and O–H groups in total. The predicted octanol–water partition coefficient (Wildman–Crippen LogP) is 3.21. The Morgan fingerprint density at radius 3 is 2.81 bits per heavy atom. The average Bonchev–Trinajstić information content (AvgIpc) is 3.27. The number of para-hydroxylation sites is 2. The van der Waals surface area contributed by atoms with Gasteiger partial charge in [0, 0.05) is 44.3 Å². The molecule has 3 aromatic rings. The van der Waals surface area contributed by atoms with Gasteiger partial charge in [-0.15, -0.1) is 0 Å². The molecule has 1 saturated heterocycles. The molecule has 6 heteroatoms. The molecule has 0 saturated carbocycles. The molecule has 4 rings (SSSR count). The molecule has 2 aromatic carbocycles. The highest BCUT2D eigenvalue weighted by molar-refractivity contribution is 5.96. The molecule has 27 heavy (non-hydrogen) atoms. The SMILES string of the molecule is COCCn1c(C2CC(=O)N(c3cccc(OC)c3)C2)nc2ccccc21. The number of hydrogen-bond acceptors (Lipinski definition) is 4. The molecule has 0 bridgehead atoms. The molecule has 0 radical (unpaired) electrons. The summed E-state index contributed by atoms with van der Waals surface area (Å²) in [4.78, 5) is 19.4. The minimum Gasteiger partial charge on any atom is -0.497 e. The smallest absolute Gasteiger partial charge is 0.227 e. The van der Waals surface area contributed by atoms with Crippen molar-refractivity contribution in [2.45, 2.75) is 18.9 Å². The zero-order valence-corrected chi connectivity index (χ0v) is 15.6. The van der Waals surface area contributed by atoms with Gasteiger partial charge in [-0.25, -0.2) is 4.98 Å². The first-order chi connectivity index (χ1) is 13.2. The van der Waals surface area contributed by atoms with Crippen LogP contribution in [0.5, 0.6) is 5.75 Å². The Balaban J connectivity index is 1.67. The molecular weight excluding hydrogens is 342 g/mol. The summed E-state index contributed by atoms with van der Waals surface area (Å²) in [7, 11) is 3.33. The zero-order valence-electron chi connectivity index (χ0n) is 15.6. The number of carbonyl (C=O) groups excluding carboxylic acids is 1. The number of fused-ring (bicyclic) bond motifs is 1. The number of imidazole rings is 1. The highest BCUT2D eigenvalue weighted by atomic mass is 16.5. The van der Waals surface area contributed by atoms with E-state index in [0.717, 1.165) is 34.8 Å². The maximum Gasteiger partial charge on any atom is 0.227 e. The fourth-order valence-electron chi connectivity index (χ4n) is 3.73. The first-order valence-corrected chi connectivity index (χ1v) is 9.09. The van der Waals surface area contributed by atoms with Crippen LogP contribution in [0, 0.1) is 0 Å². The number of ether oxygens (including phenoxy) is 2. The molecule has 2 heterocycles. The number of anilines is 1. The van der Waals surface area contributed by atoms with Gasteiger partial charge >= 0.3 is 0 Å². The van der Waals surface area contributed by atoms with Crippen molar-refractivity contribution in [1.29, 1.82) is 0 Å². The normalized spacial score (nSPS) is 17.0. The highest BCUT2D eigenvalue weighted by Gasteiger charge is 2.34. The predicted molar refractivity (Wildman–Crippen MR) is 104 cm³/mol. The zero-order chi connectivity index (χ0) is 18.8. The van der Waals surface area contributed by atoms with E-state index in [-0.39, 0.29) is 11.8 Å². The monoisotopic (exact) mass is 365 g/mol. The Bertz CT molecular complexity index is 966. The standard InChI is InChI=1S/C21H23N3O3/c1-26-11-10-23-19-9-4-3-8-18(19)22-21(23)15-12-20(25)24(14-15)16-6-5-7-17(13-16)27-2/h3-9,13,15H,10-12,14H2,1-2H3. The van der Waals surface area contributed by atoms with Crippen molar-refractivity contribution >= 4 is 22.6 Å². The molecule has 6 nitrogen and oxygen atoms in total. The highest BCUT2D eigenvalue weighted by Crippen LogP contribution is 2.34. The van der Waals surface area contributed by atoms with Gasteiger partial charge in [-0.3, -0.25) is 4.79 Å². The maximum absolute atomic E-state index is 12.7. The van der Waals surface area contributed by atoms with Gasteiger partial charge < -0.3 is 18.9 Å². The number of aromatic nitrogens is 2. The number of nitrogens with zero attached hydrogens (tertiary/aromatic N) is 3. The van der Waals surface area contributed by atoms with E-state index in [1.807, 2.05) is 47.4 Å². The molecule has 1 aliphatic heterocycles. The second-order valence-corrected chi connectivity index (χ2v) is 6.71. The molecule has 1 aromatic heterocycles. The van der Waals surface area contributed by atoms with Gasteiger partial charge in [-0.2, -0.15) is 0 Å². The molecule has 0 spiro atoms. The van der Waals surface area contributed by atoms with Crippen molar-refractivity contribution in [1.82, 2.24) is 9.55 Å². The summed E-state index contributed by atoms with van der Waals surface area (Å²) in [5.74, 6) is 1.86. The summed E-state index contributed by atoms with van der Waals surface area (Å²) in [6, 6.07) is 15.7. The molecule has 1 fully saturated rings. The van der Waals surface area contributed by atoms with Crippen LogP contribution in [0.4, 0.5) is 5.69 Å². The van der Waals surface area contributed by atoms with E-state index in [9.17, 15) is 4.79 Å². The molecule has 1 amide bonds. The minimum atomic E-state index is 0.0490. The van der Waals surface area contributed by atoms with Gasteiger partial charge in [0.2, 0.25) is 5.91 Å². The Morgan fingerprint density at radius 2 is 2.00 bits per heavy atom. The lowest BCUT2D eigenvalue weighted by Gasteiger charge is -2.18. The number of hydrogen-bond donors (Lipinski definition) is 0. The van der Waals surface area contributed by atoms with Gasteiger partial charge in [0.25, 0.3) is 0 Å². The Kier molecular flexibility index (Phi) is 4.81. The largest absolute Gasteiger partial charge is 0.497 e. The summed E-state index contributed by atoms with van der Waals surface area (Å²) in [6.07, 6.45) is 0.452. The second-order valence-electron chi connectivity index (χ2n) is 6.71. The van der Waals surface area contributed by atoms with E-state index in [2.05, 4.69) is 10.6 Å². The van der Waals surface area contributed by atoms with Crippen molar-refractivity contribution in [2.24, 2.45) is 0 Å². The first-order valence-electron chi connectivity index (χ1n) is 9.09. The number of amides is 1. The van der Waals surface area contributed by atoms with Crippen LogP contribution in [0.15, 0.2) is 48.5 Å². The Hall–Kier alpha value is -2.86. The number of carbonyl (C=O) groups is 1. The van der Waals surface area contributed by atoms with Crippen molar-refractivity contribution in [3.63, 3.8) is 0 Å². The third-order valence-corrected chi connectivity index (χ3v) is 5.06. The van der Waals surface area contributed by atoms with E-state index in [1.165, 1.54) is 0 Å².